The SMILES string of the molecule is CCc1nc(-n2c(N)nc3ccccc32)nc(NCc2ccccc2)c1C. The molecule has 0 aliphatic carbocycles. The molecule has 2 heterocycles. The molecule has 0 unspecified atom stereocenters. The molecule has 136 valence electrons. The molecule has 6 nitrogen and oxygen atoms in total. The van der Waals surface area contributed by atoms with Crippen LogP contribution in [0.25, 0.3) is 17.0 Å². The molecule has 4 rings (SSSR count). The molecule has 2 aromatic heterocycles. The first-order chi connectivity index (χ1) is 13.2. The Balaban J connectivity index is 1.78. The molecule has 0 spiro atoms. The van der Waals surface area contributed by atoms with Gasteiger partial charge in [-0.2, -0.15) is 4.98 Å². The van der Waals surface area contributed by atoms with E-state index in [4.69, 9.17) is 15.7 Å². The molecule has 3 N–H and O–H groups in total. The number of hydrogen-bond acceptors (Lipinski definition) is 5. The molecule has 0 bridgehead atoms. The molecule has 0 saturated heterocycles. The molecular weight excluding hydrogens is 336 g/mol. The van der Waals surface area contributed by atoms with Crippen molar-refractivity contribution in [3.05, 3.63) is 71.4 Å². The summed E-state index contributed by atoms with van der Waals surface area (Å²) in [7, 11) is 0. The Morgan fingerprint density at radius 3 is 2.48 bits per heavy atom. The molecule has 2 aromatic carbocycles. The van der Waals surface area contributed by atoms with Gasteiger partial charge in [0.05, 0.1) is 16.7 Å². The fourth-order valence-electron chi connectivity index (χ4n) is 3.20. The second-order valence-corrected chi connectivity index (χ2v) is 6.43. The second kappa shape index (κ2) is 7.07. The molecule has 0 radical (unpaired) electrons. The van der Waals surface area contributed by atoms with Crippen molar-refractivity contribution in [3.8, 4) is 5.95 Å². The van der Waals surface area contributed by atoms with Gasteiger partial charge in [-0.15, -0.1) is 0 Å². The van der Waals surface area contributed by atoms with Crippen LogP contribution in [0.2, 0.25) is 0 Å². The maximum absolute atomic E-state index is 6.18. The van der Waals surface area contributed by atoms with Crippen molar-refractivity contribution in [3.63, 3.8) is 0 Å². The van der Waals surface area contributed by atoms with Crippen LogP contribution < -0.4 is 11.1 Å². The van der Waals surface area contributed by atoms with Crippen molar-refractivity contribution in [2.45, 2.75) is 26.8 Å². The van der Waals surface area contributed by atoms with E-state index >= 15 is 0 Å². The summed E-state index contributed by atoms with van der Waals surface area (Å²) >= 11 is 0. The van der Waals surface area contributed by atoms with Crippen molar-refractivity contribution in [1.82, 2.24) is 19.5 Å². The number of hydrogen-bond donors (Lipinski definition) is 2. The smallest absolute Gasteiger partial charge is 0.239 e. The highest BCUT2D eigenvalue weighted by Crippen LogP contribution is 2.24. The van der Waals surface area contributed by atoms with Gasteiger partial charge in [-0.1, -0.05) is 49.4 Å². The van der Waals surface area contributed by atoms with Crippen molar-refractivity contribution >= 4 is 22.8 Å². The number of rotatable bonds is 5. The number of imidazole rings is 1. The van der Waals surface area contributed by atoms with Gasteiger partial charge in [0.1, 0.15) is 5.82 Å². The third kappa shape index (κ3) is 3.21. The van der Waals surface area contributed by atoms with Crippen LogP contribution in [0, 0.1) is 6.92 Å². The van der Waals surface area contributed by atoms with Gasteiger partial charge in [-0.05, 0) is 31.0 Å². The number of aromatic nitrogens is 4. The summed E-state index contributed by atoms with van der Waals surface area (Å²) in [4.78, 5) is 14.0. The molecule has 0 aliphatic rings. The van der Waals surface area contributed by atoms with Crippen molar-refractivity contribution in [2.75, 3.05) is 11.1 Å². The largest absolute Gasteiger partial charge is 0.369 e. The molecule has 6 heteroatoms. The number of para-hydroxylation sites is 2. The number of anilines is 2. The summed E-state index contributed by atoms with van der Waals surface area (Å²) < 4.78 is 1.81. The minimum atomic E-state index is 0.385. The first-order valence-corrected chi connectivity index (χ1v) is 9.06. The Bertz CT molecular complexity index is 1080. The monoisotopic (exact) mass is 358 g/mol. The number of nitrogens with one attached hydrogen (secondary N) is 1. The summed E-state index contributed by atoms with van der Waals surface area (Å²) in [6.45, 7) is 4.84. The molecule has 27 heavy (non-hydrogen) atoms. The molecule has 0 aliphatic heterocycles. The van der Waals surface area contributed by atoms with Gasteiger partial charge >= 0.3 is 0 Å². The number of nitrogen functional groups attached to an aromatic ring is 1. The minimum Gasteiger partial charge on any atom is -0.369 e. The Labute approximate surface area is 158 Å². The number of fused-ring (bicyclic) bond motifs is 1. The van der Waals surface area contributed by atoms with Crippen LogP contribution in [0.4, 0.5) is 11.8 Å². The van der Waals surface area contributed by atoms with Crippen molar-refractivity contribution < 1.29 is 0 Å². The van der Waals surface area contributed by atoms with Gasteiger partial charge < -0.3 is 11.1 Å². The number of aryl methyl sites for hydroxylation is 1. The fourth-order valence-corrected chi connectivity index (χ4v) is 3.20. The third-order valence-electron chi connectivity index (χ3n) is 4.66. The first-order valence-electron chi connectivity index (χ1n) is 9.06. The van der Waals surface area contributed by atoms with E-state index in [9.17, 15) is 0 Å². The standard InChI is InChI=1S/C21H22N6/c1-3-16-14(2)19(23-13-15-9-5-4-6-10-15)26-21(25-16)27-18-12-8-7-11-17(18)24-20(27)22/h4-12H,3,13H2,1-2H3,(H2,22,24)(H,23,25,26). The van der Waals surface area contributed by atoms with E-state index in [1.54, 1.807) is 0 Å². The molecule has 0 amide bonds. The van der Waals surface area contributed by atoms with E-state index < -0.39 is 0 Å². The van der Waals surface area contributed by atoms with Crippen LogP contribution >= 0.6 is 0 Å². The lowest BCUT2D eigenvalue weighted by Crippen LogP contribution is -2.12. The fraction of sp³-hybridized carbons (Fsp3) is 0.190. The molecule has 4 aromatic rings. The van der Waals surface area contributed by atoms with E-state index in [1.807, 2.05) is 54.0 Å². The predicted octanol–water partition coefficient (Wildman–Crippen LogP) is 3.88. The number of nitrogens with zero attached hydrogens (tertiary/aromatic N) is 4. The first kappa shape index (κ1) is 17.0. The van der Waals surface area contributed by atoms with Crippen LogP contribution in [0.3, 0.4) is 0 Å². The molecular formula is C21H22N6. The van der Waals surface area contributed by atoms with E-state index in [-0.39, 0.29) is 0 Å². The average molecular weight is 358 g/mol. The average Bonchev–Trinajstić information content (AvgIpc) is 3.04. The minimum absolute atomic E-state index is 0.385. The Hall–Kier alpha value is -3.41. The van der Waals surface area contributed by atoms with Crippen LogP contribution in [-0.4, -0.2) is 19.5 Å². The lowest BCUT2D eigenvalue weighted by atomic mass is 10.2. The second-order valence-electron chi connectivity index (χ2n) is 6.43. The van der Waals surface area contributed by atoms with Gasteiger partial charge in [-0.3, -0.25) is 0 Å². The summed E-state index contributed by atoms with van der Waals surface area (Å²) in [5, 5.41) is 3.45. The predicted molar refractivity (Wildman–Crippen MR) is 109 cm³/mol. The molecule has 0 fully saturated rings. The lowest BCUT2D eigenvalue weighted by Gasteiger charge is -2.14. The quantitative estimate of drug-likeness (QED) is 0.566. The lowest BCUT2D eigenvalue weighted by molar-refractivity contribution is 0.890. The maximum Gasteiger partial charge on any atom is 0.239 e. The summed E-state index contributed by atoms with van der Waals surface area (Å²) in [6.07, 6.45) is 0.813. The Morgan fingerprint density at radius 2 is 1.70 bits per heavy atom. The highest BCUT2D eigenvalue weighted by atomic mass is 15.3. The van der Waals surface area contributed by atoms with Crippen LogP contribution in [0.1, 0.15) is 23.7 Å². The summed E-state index contributed by atoms with van der Waals surface area (Å²) in [6, 6.07) is 18.1. The highest BCUT2D eigenvalue weighted by molar-refractivity contribution is 5.80. The van der Waals surface area contributed by atoms with Crippen molar-refractivity contribution in [2.24, 2.45) is 0 Å². The highest BCUT2D eigenvalue weighted by Gasteiger charge is 2.16. The maximum atomic E-state index is 6.18. The van der Waals surface area contributed by atoms with E-state index in [0.717, 1.165) is 34.5 Å². The van der Waals surface area contributed by atoms with Crippen molar-refractivity contribution in [1.29, 1.82) is 0 Å². The third-order valence-corrected chi connectivity index (χ3v) is 4.66. The van der Waals surface area contributed by atoms with Gasteiger partial charge in [0, 0.05) is 12.1 Å². The van der Waals surface area contributed by atoms with Gasteiger partial charge in [0.25, 0.3) is 0 Å². The number of nitrogens with two attached hydrogens (primary N) is 1. The van der Waals surface area contributed by atoms with E-state index in [1.165, 1.54) is 5.56 Å². The van der Waals surface area contributed by atoms with E-state index in [0.29, 0.717) is 18.4 Å². The molecule has 0 saturated carbocycles. The summed E-state index contributed by atoms with van der Waals surface area (Å²) in [5.74, 6) is 1.74. The normalized spacial score (nSPS) is 11.0. The van der Waals surface area contributed by atoms with Gasteiger partial charge in [0.2, 0.25) is 11.9 Å². The van der Waals surface area contributed by atoms with Crippen LogP contribution in [0.15, 0.2) is 54.6 Å². The Morgan fingerprint density at radius 1 is 0.963 bits per heavy atom. The number of benzene rings is 2. The topological polar surface area (TPSA) is 81.7 Å². The molecule has 0 atom stereocenters. The zero-order valence-corrected chi connectivity index (χ0v) is 15.5. The Kier molecular flexibility index (Phi) is 4.46. The van der Waals surface area contributed by atoms with Gasteiger partial charge in [-0.25, -0.2) is 14.5 Å². The zero-order chi connectivity index (χ0) is 18.8. The van der Waals surface area contributed by atoms with Crippen LogP contribution in [0.5, 0.6) is 0 Å². The van der Waals surface area contributed by atoms with Crippen LogP contribution in [-0.2, 0) is 13.0 Å². The van der Waals surface area contributed by atoms with Gasteiger partial charge in [0.15, 0.2) is 0 Å². The zero-order valence-electron chi connectivity index (χ0n) is 15.5. The van der Waals surface area contributed by atoms with E-state index in [2.05, 4.69) is 29.4 Å². The summed E-state index contributed by atoms with van der Waals surface area (Å²) in [5.41, 5.74) is 11.2.